The van der Waals surface area contributed by atoms with Crippen molar-refractivity contribution >= 4 is 34.0 Å². The van der Waals surface area contributed by atoms with Gasteiger partial charge in [-0.05, 0) is 22.6 Å². The fourth-order valence-electron chi connectivity index (χ4n) is 0.469. The maximum atomic E-state index is 4.10. The molecule has 0 spiro atoms. The fraction of sp³-hybridized carbons (Fsp3) is 0.200. The van der Waals surface area contributed by atoms with Gasteiger partial charge in [-0.15, -0.1) is 11.3 Å². The van der Waals surface area contributed by atoms with E-state index >= 15 is 0 Å². The lowest BCUT2D eigenvalue weighted by atomic mass is 10.5. The molecule has 2 nitrogen and oxygen atoms in total. The van der Waals surface area contributed by atoms with Crippen LogP contribution in [-0.4, -0.2) is 11.7 Å². The van der Waals surface area contributed by atoms with Crippen LogP contribution in [0.1, 0.15) is 5.69 Å². The minimum Gasteiger partial charge on any atom is -0.295 e. The second-order valence-corrected chi connectivity index (χ2v) is 3.61. The highest BCUT2D eigenvalue weighted by Gasteiger charge is 1.94. The van der Waals surface area contributed by atoms with E-state index in [2.05, 4.69) is 32.6 Å². The third-order valence-corrected chi connectivity index (χ3v) is 2.21. The van der Waals surface area contributed by atoms with Crippen molar-refractivity contribution in [1.82, 2.24) is 4.98 Å². The van der Waals surface area contributed by atoms with E-state index in [-0.39, 0.29) is 0 Å². The summed E-state index contributed by atoms with van der Waals surface area (Å²) in [7, 11) is 0. The molecule has 0 radical (unpaired) electrons. The number of aliphatic imine (C=N–C) groups is 1. The number of thiazole rings is 1. The number of rotatable bonds is 2. The minimum absolute atomic E-state index is 0.613. The van der Waals surface area contributed by atoms with Crippen molar-refractivity contribution < 1.29 is 0 Å². The van der Waals surface area contributed by atoms with Crippen LogP contribution in [0, 0.1) is 0 Å². The summed E-state index contributed by atoms with van der Waals surface area (Å²) in [5, 5.41) is 1.96. The fourth-order valence-corrected chi connectivity index (χ4v) is 1.51. The Labute approximate surface area is 65.8 Å². The van der Waals surface area contributed by atoms with Crippen molar-refractivity contribution in [2.45, 2.75) is 6.54 Å². The van der Waals surface area contributed by atoms with E-state index in [0.717, 1.165) is 9.61 Å². The highest BCUT2D eigenvalue weighted by molar-refractivity contribution is 9.11. The van der Waals surface area contributed by atoms with Gasteiger partial charge in [0.25, 0.3) is 0 Å². The smallest absolute Gasteiger partial charge is 0.159 e. The molecule has 1 aromatic heterocycles. The minimum atomic E-state index is 0.613. The van der Waals surface area contributed by atoms with E-state index in [0.29, 0.717) is 6.54 Å². The maximum Gasteiger partial charge on any atom is 0.159 e. The summed E-state index contributed by atoms with van der Waals surface area (Å²) in [6, 6.07) is 0. The zero-order valence-corrected chi connectivity index (χ0v) is 7.07. The summed E-state index contributed by atoms with van der Waals surface area (Å²) in [5.74, 6) is 0. The lowest BCUT2D eigenvalue weighted by Crippen LogP contribution is -1.77. The summed E-state index contributed by atoms with van der Waals surface area (Å²) < 4.78 is 0.904. The van der Waals surface area contributed by atoms with Crippen molar-refractivity contribution in [3.63, 3.8) is 0 Å². The molecule has 0 saturated heterocycles. The zero-order chi connectivity index (χ0) is 6.69. The standard InChI is InChI=1S/C5H5BrN2S/c1-7-2-4-3-9-5(6)8-4/h3H,1-2H2. The van der Waals surface area contributed by atoms with Gasteiger partial charge in [-0.2, -0.15) is 0 Å². The molecule has 0 aliphatic carbocycles. The molecule has 48 valence electrons. The van der Waals surface area contributed by atoms with E-state index in [1.807, 2.05) is 5.38 Å². The Morgan fingerprint density at radius 1 is 1.89 bits per heavy atom. The molecule has 9 heavy (non-hydrogen) atoms. The molecule has 0 aliphatic heterocycles. The number of nitrogens with zero attached hydrogens (tertiary/aromatic N) is 2. The largest absolute Gasteiger partial charge is 0.295 e. The van der Waals surface area contributed by atoms with Crippen molar-refractivity contribution in [2.75, 3.05) is 0 Å². The maximum absolute atomic E-state index is 4.10. The van der Waals surface area contributed by atoms with Crippen LogP contribution in [0.15, 0.2) is 14.3 Å². The van der Waals surface area contributed by atoms with Crippen molar-refractivity contribution in [3.05, 3.63) is 15.0 Å². The molecule has 0 atom stereocenters. The molecule has 4 heteroatoms. The third-order valence-electron chi connectivity index (χ3n) is 0.798. The lowest BCUT2D eigenvalue weighted by molar-refractivity contribution is 1.02. The van der Waals surface area contributed by atoms with Gasteiger partial charge < -0.3 is 0 Å². The first-order valence-corrected chi connectivity index (χ1v) is 4.02. The zero-order valence-electron chi connectivity index (χ0n) is 4.67. The molecule has 0 amide bonds. The number of aromatic nitrogens is 1. The van der Waals surface area contributed by atoms with Gasteiger partial charge in [-0.25, -0.2) is 4.98 Å². The van der Waals surface area contributed by atoms with Gasteiger partial charge in [-0.1, -0.05) is 0 Å². The summed E-state index contributed by atoms with van der Waals surface area (Å²) in [5.41, 5.74) is 0.974. The van der Waals surface area contributed by atoms with Crippen LogP contribution < -0.4 is 0 Å². The third kappa shape index (κ3) is 1.87. The van der Waals surface area contributed by atoms with Crippen molar-refractivity contribution in [1.29, 1.82) is 0 Å². The van der Waals surface area contributed by atoms with Crippen LogP contribution in [0.5, 0.6) is 0 Å². The second kappa shape index (κ2) is 3.08. The van der Waals surface area contributed by atoms with Gasteiger partial charge in [0, 0.05) is 5.38 Å². The van der Waals surface area contributed by atoms with Gasteiger partial charge >= 0.3 is 0 Å². The molecule has 0 N–H and O–H groups in total. The molecule has 0 fully saturated rings. The number of hydrogen-bond acceptors (Lipinski definition) is 3. The van der Waals surface area contributed by atoms with Gasteiger partial charge in [0.2, 0.25) is 0 Å². The Kier molecular flexibility index (Phi) is 2.36. The Balaban J connectivity index is 2.72. The quantitative estimate of drug-likeness (QED) is 0.678. The first-order valence-electron chi connectivity index (χ1n) is 2.35. The Morgan fingerprint density at radius 2 is 2.67 bits per heavy atom. The molecular formula is C5H5BrN2S. The van der Waals surface area contributed by atoms with E-state index in [9.17, 15) is 0 Å². The SMILES string of the molecule is C=NCc1csc(Br)n1. The van der Waals surface area contributed by atoms with Crippen LogP contribution in [-0.2, 0) is 6.54 Å². The van der Waals surface area contributed by atoms with E-state index in [4.69, 9.17) is 0 Å². The number of halogens is 1. The van der Waals surface area contributed by atoms with Crippen LogP contribution in [0.3, 0.4) is 0 Å². The monoisotopic (exact) mass is 204 g/mol. The molecule has 1 aromatic rings. The van der Waals surface area contributed by atoms with Crippen LogP contribution >= 0.6 is 27.3 Å². The molecule has 0 unspecified atom stereocenters. The van der Waals surface area contributed by atoms with Crippen molar-refractivity contribution in [3.8, 4) is 0 Å². The van der Waals surface area contributed by atoms with E-state index in [1.54, 1.807) is 11.3 Å². The summed E-state index contributed by atoms with van der Waals surface area (Å²) >= 11 is 4.81. The molecule has 0 saturated carbocycles. The molecule has 0 aliphatic rings. The average molecular weight is 205 g/mol. The van der Waals surface area contributed by atoms with Crippen LogP contribution in [0.25, 0.3) is 0 Å². The lowest BCUT2D eigenvalue weighted by Gasteiger charge is -1.81. The van der Waals surface area contributed by atoms with Crippen LogP contribution in [0.4, 0.5) is 0 Å². The molecule has 1 heterocycles. The van der Waals surface area contributed by atoms with Gasteiger partial charge in [0.1, 0.15) is 0 Å². The topological polar surface area (TPSA) is 25.2 Å². The Hall–Kier alpha value is -0.220. The summed E-state index contributed by atoms with van der Waals surface area (Å²) in [4.78, 5) is 7.79. The molecular weight excluding hydrogens is 200 g/mol. The predicted molar refractivity (Wildman–Crippen MR) is 43.1 cm³/mol. The first-order chi connectivity index (χ1) is 4.33. The van der Waals surface area contributed by atoms with Crippen LogP contribution in [0.2, 0.25) is 0 Å². The van der Waals surface area contributed by atoms with Gasteiger partial charge in [0.15, 0.2) is 3.92 Å². The van der Waals surface area contributed by atoms with E-state index < -0.39 is 0 Å². The normalized spacial score (nSPS) is 9.44. The van der Waals surface area contributed by atoms with Gasteiger partial charge in [0.05, 0.1) is 12.2 Å². The first kappa shape index (κ1) is 6.89. The second-order valence-electron chi connectivity index (χ2n) is 1.47. The average Bonchev–Trinajstić information content (AvgIpc) is 2.17. The molecule has 0 bridgehead atoms. The van der Waals surface area contributed by atoms with E-state index in [1.165, 1.54) is 0 Å². The predicted octanol–water partition coefficient (Wildman–Crippen LogP) is 2.11. The molecule has 1 rings (SSSR count). The Bertz CT molecular complexity index is 208. The van der Waals surface area contributed by atoms with Gasteiger partial charge in [-0.3, -0.25) is 4.99 Å². The highest BCUT2D eigenvalue weighted by Crippen LogP contribution is 2.15. The highest BCUT2D eigenvalue weighted by atomic mass is 79.9. The summed E-state index contributed by atoms with van der Waals surface area (Å²) in [6.07, 6.45) is 0. The Morgan fingerprint density at radius 3 is 3.11 bits per heavy atom. The number of hydrogen-bond donors (Lipinski definition) is 0. The molecule has 0 aromatic carbocycles. The van der Waals surface area contributed by atoms with Crippen molar-refractivity contribution in [2.24, 2.45) is 4.99 Å². The summed E-state index contributed by atoms with van der Waals surface area (Å²) in [6.45, 7) is 3.98.